The van der Waals surface area contributed by atoms with Gasteiger partial charge in [0.05, 0.1) is 0 Å². The quantitative estimate of drug-likeness (QED) is 0.912. The topological polar surface area (TPSA) is 77.2 Å². The number of hydrogen-bond donors (Lipinski definition) is 1. The van der Waals surface area contributed by atoms with E-state index in [9.17, 15) is 4.79 Å². The lowest BCUT2D eigenvalue weighted by atomic mass is 10.1. The molecule has 0 spiro atoms. The zero-order valence-corrected chi connectivity index (χ0v) is 12.5. The van der Waals surface area contributed by atoms with Crippen LogP contribution in [0.4, 0.5) is 0 Å². The van der Waals surface area contributed by atoms with Crippen LogP contribution in [-0.4, -0.2) is 35.3 Å². The van der Waals surface area contributed by atoms with E-state index < -0.39 is 0 Å². The molecule has 0 saturated carbocycles. The minimum absolute atomic E-state index is 0.0595. The predicted octanol–water partition coefficient (Wildman–Crippen LogP) is 1.88. The highest BCUT2D eigenvalue weighted by atomic mass is 16.5. The van der Waals surface area contributed by atoms with Crippen molar-refractivity contribution in [2.75, 3.05) is 13.2 Å². The summed E-state index contributed by atoms with van der Waals surface area (Å²) in [5.41, 5.74) is 2.10. The first-order valence-electron chi connectivity index (χ1n) is 7.51. The number of benzene rings is 1. The van der Waals surface area contributed by atoms with Crippen LogP contribution in [0.15, 0.2) is 28.8 Å². The average Bonchev–Trinajstić information content (AvgIpc) is 3.19. The van der Waals surface area contributed by atoms with E-state index in [-0.39, 0.29) is 12.0 Å². The number of rotatable bonds is 5. The fraction of sp³-hybridized carbons (Fsp3) is 0.438. The summed E-state index contributed by atoms with van der Waals surface area (Å²) in [6.45, 7) is 3.16. The molecule has 0 aliphatic carbocycles. The largest absolute Gasteiger partial charge is 0.368 e. The first-order chi connectivity index (χ1) is 10.7. The molecule has 1 aliphatic rings. The number of nitrogens with zero attached hydrogens (tertiary/aromatic N) is 2. The monoisotopic (exact) mass is 301 g/mol. The first kappa shape index (κ1) is 14.7. The maximum absolute atomic E-state index is 11.8. The van der Waals surface area contributed by atoms with Crippen molar-refractivity contribution in [1.82, 2.24) is 15.5 Å². The van der Waals surface area contributed by atoms with Crippen LogP contribution in [0.1, 0.15) is 24.3 Å². The highest BCUT2D eigenvalue weighted by molar-refractivity contribution is 5.80. The summed E-state index contributed by atoms with van der Waals surface area (Å²) in [7, 11) is 0. The molecule has 1 unspecified atom stereocenters. The van der Waals surface area contributed by atoms with Crippen molar-refractivity contribution in [1.29, 1.82) is 0 Å². The van der Waals surface area contributed by atoms with Crippen molar-refractivity contribution >= 4 is 5.91 Å². The summed E-state index contributed by atoms with van der Waals surface area (Å²) >= 11 is 0. The normalized spacial score (nSPS) is 17.6. The van der Waals surface area contributed by atoms with Crippen molar-refractivity contribution in [3.05, 3.63) is 35.7 Å². The van der Waals surface area contributed by atoms with Gasteiger partial charge < -0.3 is 14.6 Å². The molecule has 1 fully saturated rings. The fourth-order valence-corrected chi connectivity index (χ4v) is 2.37. The molecule has 1 aliphatic heterocycles. The van der Waals surface area contributed by atoms with Gasteiger partial charge in [0.1, 0.15) is 6.10 Å². The molecular formula is C16H19N3O3. The minimum Gasteiger partial charge on any atom is -0.368 e. The van der Waals surface area contributed by atoms with Gasteiger partial charge in [-0.05, 0) is 19.8 Å². The summed E-state index contributed by atoms with van der Waals surface area (Å²) < 4.78 is 10.5. The third kappa shape index (κ3) is 3.51. The number of carbonyl (C=O) groups excluding carboxylic acids is 1. The highest BCUT2D eigenvalue weighted by Gasteiger charge is 2.23. The maximum Gasteiger partial charge on any atom is 0.249 e. The number of aryl methyl sites for hydroxylation is 1. The molecule has 3 rings (SSSR count). The average molecular weight is 301 g/mol. The summed E-state index contributed by atoms with van der Waals surface area (Å²) in [4.78, 5) is 16.1. The second-order valence-electron chi connectivity index (χ2n) is 5.42. The number of amides is 1. The molecule has 6 heteroatoms. The van der Waals surface area contributed by atoms with Gasteiger partial charge in [-0.25, -0.2) is 0 Å². The van der Waals surface area contributed by atoms with Crippen LogP contribution in [0.5, 0.6) is 0 Å². The van der Waals surface area contributed by atoms with Gasteiger partial charge in [-0.3, -0.25) is 4.79 Å². The highest BCUT2D eigenvalue weighted by Crippen LogP contribution is 2.16. The summed E-state index contributed by atoms with van der Waals surface area (Å²) in [6, 6.07) is 7.94. The first-order valence-corrected chi connectivity index (χ1v) is 7.51. The minimum atomic E-state index is -0.300. The Morgan fingerprint density at radius 3 is 2.91 bits per heavy atom. The summed E-state index contributed by atoms with van der Waals surface area (Å²) in [5.74, 6) is 1.03. The number of carbonyl (C=O) groups is 1. The summed E-state index contributed by atoms with van der Waals surface area (Å²) in [6.07, 6.45) is 1.95. The van der Waals surface area contributed by atoms with Crippen LogP contribution < -0.4 is 5.32 Å². The van der Waals surface area contributed by atoms with Crippen molar-refractivity contribution in [2.45, 2.75) is 32.3 Å². The lowest BCUT2D eigenvalue weighted by Gasteiger charge is -2.08. The molecule has 1 atom stereocenters. The van der Waals surface area contributed by atoms with Gasteiger partial charge in [-0.2, -0.15) is 4.98 Å². The van der Waals surface area contributed by atoms with Crippen LogP contribution in [0.3, 0.4) is 0 Å². The molecule has 2 heterocycles. The number of hydrogen-bond acceptors (Lipinski definition) is 5. The Bertz CT molecular complexity index is 630. The molecule has 1 saturated heterocycles. The van der Waals surface area contributed by atoms with E-state index >= 15 is 0 Å². The SMILES string of the molecule is Cc1ccc(-c2noc(CCNC(=O)C3CCCO3)n2)cc1. The summed E-state index contributed by atoms with van der Waals surface area (Å²) in [5, 5.41) is 6.81. The number of ether oxygens (including phenoxy) is 1. The van der Waals surface area contributed by atoms with Crippen LogP contribution >= 0.6 is 0 Å². The van der Waals surface area contributed by atoms with E-state index in [2.05, 4.69) is 15.5 Å². The second-order valence-corrected chi connectivity index (χ2v) is 5.42. The zero-order valence-electron chi connectivity index (χ0n) is 12.5. The third-order valence-corrected chi connectivity index (χ3v) is 3.64. The van der Waals surface area contributed by atoms with Gasteiger partial charge in [0.2, 0.25) is 17.6 Å². The van der Waals surface area contributed by atoms with Gasteiger partial charge in [-0.1, -0.05) is 35.0 Å². The molecule has 1 N–H and O–H groups in total. The van der Waals surface area contributed by atoms with Crippen LogP contribution in [0.25, 0.3) is 11.4 Å². The standard InChI is InChI=1S/C16H19N3O3/c1-11-4-6-12(7-5-11)15-18-14(22-19-15)8-9-17-16(20)13-3-2-10-21-13/h4-7,13H,2-3,8-10H2,1H3,(H,17,20). The Hall–Kier alpha value is -2.21. The maximum atomic E-state index is 11.8. The third-order valence-electron chi connectivity index (χ3n) is 3.64. The van der Waals surface area contributed by atoms with E-state index in [4.69, 9.17) is 9.26 Å². The Labute approximate surface area is 128 Å². The molecule has 116 valence electrons. The molecule has 0 radical (unpaired) electrons. The van der Waals surface area contributed by atoms with E-state index in [0.717, 1.165) is 18.4 Å². The predicted molar refractivity (Wildman–Crippen MR) is 80.2 cm³/mol. The van der Waals surface area contributed by atoms with Gasteiger partial charge >= 0.3 is 0 Å². The zero-order chi connectivity index (χ0) is 15.4. The van der Waals surface area contributed by atoms with Gasteiger partial charge in [0.15, 0.2) is 0 Å². The Morgan fingerprint density at radius 2 is 2.18 bits per heavy atom. The molecule has 22 heavy (non-hydrogen) atoms. The van der Waals surface area contributed by atoms with E-state index in [1.54, 1.807) is 0 Å². The Morgan fingerprint density at radius 1 is 1.36 bits per heavy atom. The van der Waals surface area contributed by atoms with Gasteiger partial charge in [0, 0.05) is 25.1 Å². The molecule has 2 aromatic rings. The van der Waals surface area contributed by atoms with Gasteiger partial charge in [0.25, 0.3) is 0 Å². The van der Waals surface area contributed by atoms with Crippen LogP contribution in [0.2, 0.25) is 0 Å². The molecule has 6 nitrogen and oxygen atoms in total. The van der Waals surface area contributed by atoms with Crippen molar-refractivity contribution in [3.63, 3.8) is 0 Å². The molecule has 1 amide bonds. The van der Waals surface area contributed by atoms with Crippen LogP contribution in [0, 0.1) is 6.92 Å². The fourth-order valence-electron chi connectivity index (χ4n) is 2.37. The number of aromatic nitrogens is 2. The van der Waals surface area contributed by atoms with E-state index in [0.29, 0.717) is 31.3 Å². The molecule has 1 aromatic carbocycles. The molecule has 0 bridgehead atoms. The molecule has 1 aromatic heterocycles. The lowest BCUT2D eigenvalue weighted by Crippen LogP contribution is -2.35. The lowest BCUT2D eigenvalue weighted by molar-refractivity contribution is -0.130. The van der Waals surface area contributed by atoms with Crippen LogP contribution in [-0.2, 0) is 16.0 Å². The van der Waals surface area contributed by atoms with Crippen molar-refractivity contribution in [2.24, 2.45) is 0 Å². The Balaban J connectivity index is 1.51. The van der Waals surface area contributed by atoms with Crippen molar-refractivity contribution in [3.8, 4) is 11.4 Å². The number of nitrogens with one attached hydrogen (secondary N) is 1. The Kier molecular flexibility index (Phi) is 4.48. The molecular weight excluding hydrogens is 282 g/mol. The second kappa shape index (κ2) is 6.70. The van der Waals surface area contributed by atoms with E-state index in [1.165, 1.54) is 5.56 Å². The van der Waals surface area contributed by atoms with Gasteiger partial charge in [-0.15, -0.1) is 0 Å². The van der Waals surface area contributed by atoms with Crippen molar-refractivity contribution < 1.29 is 14.1 Å². The smallest absolute Gasteiger partial charge is 0.249 e. The van der Waals surface area contributed by atoms with E-state index in [1.807, 2.05) is 31.2 Å².